The lowest BCUT2D eigenvalue weighted by Crippen LogP contribution is -2.19. The van der Waals surface area contributed by atoms with Crippen LogP contribution in [-0.4, -0.2) is 30.1 Å². The summed E-state index contributed by atoms with van der Waals surface area (Å²) in [5.41, 5.74) is 6.31. The number of anilines is 2. The van der Waals surface area contributed by atoms with E-state index in [1.54, 1.807) is 12.1 Å². The predicted molar refractivity (Wildman–Crippen MR) is 86.0 cm³/mol. The number of nitrogens with zero attached hydrogens (tertiary/aromatic N) is 2. The van der Waals surface area contributed by atoms with Crippen LogP contribution in [0.1, 0.15) is 0 Å². The molecule has 9 heteroatoms. The molecule has 0 unspecified atom stereocenters. The Labute approximate surface area is 132 Å². The van der Waals surface area contributed by atoms with E-state index in [2.05, 4.69) is 14.9 Å². The second-order valence-corrected chi connectivity index (χ2v) is 7.48. The molecule has 0 fully saturated rings. The van der Waals surface area contributed by atoms with Crippen molar-refractivity contribution in [2.24, 2.45) is 0 Å². The third-order valence-electron chi connectivity index (χ3n) is 2.37. The minimum absolute atomic E-state index is 0.0449. The number of nitrogens with one attached hydrogen (secondary N) is 1. The lowest BCUT2D eigenvalue weighted by atomic mass is 10.3. The van der Waals surface area contributed by atoms with Crippen LogP contribution in [0.25, 0.3) is 0 Å². The fourth-order valence-electron chi connectivity index (χ4n) is 1.45. The van der Waals surface area contributed by atoms with Gasteiger partial charge in [-0.2, -0.15) is 0 Å². The Morgan fingerprint density at radius 2 is 2.05 bits per heavy atom. The van der Waals surface area contributed by atoms with Gasteiger partial charge in [-0.3, -0.25) is 4.72 Å². The maximum Gasteiger partial charge on any atom is 0.234 e. The zero-order valence-electron chi connectivity index (χ0n) is 10.9. The molecule has 0 aliphatic carbocycles. The lowest BCUT2D eigenvalue weighted by Gasteiger charge is -2.06. The first-order chi connectivity index (χ1) is 9.94. The summed E-state index contributed by atoms with van der Waals surface area (Å²) in [6.45, 7) is 0. The molecule has 0 amide bonds. The number of thioether (sulfide) groups is 1. The van der Waals surface area contributed by atoms with Gasteiger partial charge in [0, 0.05) is 16.3 Å². The van der Waals surface area contributed by atoms with Gasteiger partial charge in [-0.1, -0.05) is 17.7 Å². The van der Waals surface area contributed by atoms with Crippen molar-refractivity contribution in [2.75, 3.05) is 22.0 Å². The highest BCUT2D eigenvalue weighted by molar-refractivity contribution is 8.01. The summed E-state index contributed by atoms with van der Waals surface area (Å²) in [6.07, 6.45) is 0. The van der Waals surface area contributed by atoms with Crippen LogP contribution in [0.2, 0.25) is 5.15 Å². The van der Waals surface area contributed by atoms with E-state index in [1.165, 1.54) is 23.9 Å². The van der Waals surface area contributed by atoms with Crippen molar-refractivity contribution in [1.82, 2.24) is 10.2 Å². The van der Waals surface area contributed by atoms with Crippen molar-refractivity contribution < 1.29 is 8.42 Å². The number of sulfonamides is 1. The largest absolute Gasteiger partial charge is 0.399 e. The summed E-state index contributed by atoms with van der Waals surface area (Å²) in [7, 11) is -3.48. The number of halogens is 1. The fraction of sp³-hybridized carbons (Fsp3) is 0.167. The van der Waals surface area contributed by atoms with Gasteiger partial charge in [0.15, 0.2) is 11.0 Å². The van der Waals surface area contributed by atoms with Crippen molar-refractivity contribution in [2.45, 2.75) is 4.90 Å². The molecule has 1 heterocycles. The topological polar surface area (TPSA) is 98.0 Å². The molecular formula is C12H13ClN4O2S2. The van der Waals surface area contributed by atoms with E-state index < -0.39 is 10.0 Å². The molecule has 6 nitrogen and oxygen atoms in total. The third-order valence-corrected chi connectivity index (χ3v) is 5.09. The number of hydrogen-bond donors (Lipinski definition) is 2. The zero-order valence-corrected chi connectivity index (χ0v) is 13.2. The molecule has 21 heavy (non-hydrogen) atoms. The SMILES string of the molecule is Nc1cccc(SCCS(=O)(=O)Nc2ccc(Cl)nn2)c1. The van der Waals surface area contributed by atoms with Gasteiger partial charge in [0.1, 0.15) is 0 Å². The van der Waals surface area contributed by atoms with E-state index in [9.17, 15) is 8.42 Å². The molecule has 2 aromatic rings. The summed E-state index contributed by atoms with van der Waals surface area (Å²) >= 11 is 7.00. The molecule has 1 aromatic heterocycles. The Morgan fingerprint density at radius 1 is 1.24 bits per heavy atom. The monoisotopic (exact) mass is 344 g/mol. The first kappa shape index (κ1) is 15.9. The first-order valence-electron chi connectivity index (χ1n) is 5.93. The Hall–Kier alpha value is -1.51. The van der Waals surface area contributed by atoms with E-state index in [4.69, 9.17) is 17.3 Å². The van der Waals surface area contributed by atoms with Crippen molar-refractivity contribution in [3.05, 3.63) is 41.6 Å². The van der Waals surface area contributed by atoms with Crippen LogP contribution in [0, 0.1) is 0 Å². The number of benzene rings is 1. The van der Waals surface area contributed by atoms with E-state index in [-0.39, 0.29) is 16.7 Å². The molecule has 3 N–H and O–H groups in total. The van der Waals surface area contributed by atoms with Crippen LogP contribution in [0.5, 0.6) is 0 Å². The standard InChI is InChI=1S/C12H13ClN4O2S2/c13-11-4-5-12(16-15-11)17-21(18,19)7-6-20-10-3-1-2-9(14)8-10/h1-5,8H,6-7,14H2,(H,16,17). The second kappa shape index (κ2) is 6.97. The number of aromatic nitrogens is 2. The molecule has 2 rings (SSSR count). The van der Waals surface area contributed by atoms with Gasteiger partial charge < -0.3 is 5.73 Å². The van der Waals surface area contributed by atoms with Crippen molar-refractivity contribution in [3.8, 4) is 0 Å². The van der Waals surface area contributed by atoms with Crippen LogP contribution in [-0.2, 0) is 10.0 Å². The average molecular weight is 345 g/mol. The summed E-state index contributed by atoms with van der Waals surface area (Å²) in [6, 6.07) is 10.2. The number of hydrogen-bond acceptors (Lipinski definition) is 6. The zero-order chi connectivity index (χ0) is 15.3. The van der Waals surface area contributed by atoms with Gasteiger partial charge >= 0.3 is 0 Å². The molecule has 0 bridgehead atoms. The quantitative estimate of drug-likeness (QED) is 0.616. The summed E-state index contributed by atoms with van der Waals surface area (Å²) in [4.78, 5) is 0.927. The number of nitrogen functional groups attached to an aromatic ring is 1. The second-order valence-electron chi connectivity index (χ2n) is 4.08. The average Bonchev–Trinajstić information content (AvgIpc) is 2.41. The smallest absolute Gasteiger partial charge is 0.234 e. The molecule has 0 saturated carbocycles. The van der Waals surface area contributed by atoms with Crippen LogP contribution in [0.3, 0.4) is 0 Å². The first-order valence-corrected chi connectivity index (χ1v) is 8.94. The van der Waals surface area contributed by atoms with Crippen molar-refractivity contribution >= 4 is 44.9 Å². The highest BCUT2D eigenvalue weighted by Gasteiger charge is 2.11. The maximum absolute atomic E-state index is 11.9. The van der Waals surface area contributed by atoms with Crippen LogP contribution >= 0.6 is 23.4 Å². The van der Waals surface area contributed by atoms with Crippen LogP contribution in [0.4, 0.5) is 11.5 Å². The van der Waals surface area contributed by atoms with Gasteiger partial charge in [0.2, 0.25) is 10.0 Å². The molecule has 112 valence electrons. The predicted octanol–water partition coefficient (Wildman–Crippen LogP) is 2.25. The number of rotatable bonds is 6. The summed E-state index contributed by atoms with van der Waals surface area (Å²) < 4.78 is 26.1. The van der Waals surface area contributed by atoms with Gasteiger partial charge in [-0.25, -0.2) is 8.42 Å². The maximum atomic E-state index is 11.9. The molecule has 0 radical (unpaired) electrons. The van der Waals surface area contributed by atoms with E-state index in [1.807, 2.05) is 12.1 Å². The fourth-order valence-corrected chi connectivity index (χ4v) is 3.93. The minimum atomic E-state index is -3.48. The highest BCUT2D eigenvalue weighted by atomic mass is 35.5. The Balaban J connectivity index is 1.88. The number of nitrogens with two attached hydrogens (primary N) is 1. The van der Waals surface area contributed by atoms with Crippen molar-refractivity contribution in [3.63, 3.8) is 0 Å². The van der Waals surface area contributed by atoms with Gasteiger partial charge in [0.05, 0.1) is 5.75 Å². The minimum Gasteiger partial charge on any atom is -0.399 e. The lowest BCUT2D eigenvalue weighted by molar-refractivity contribution is 0.602. The van der Waals surface area contributed by atoms with Gasteiger partial charge in [-0.05, 0) is 30.3 Å². The normalized spacial score (nSPS) is 11.3. The van der Waals surface area contributed by atoms with Gasteiger partial charge in [0.25, 0.3) is 0 Å². The van der Waals surface area contributed by atoms with Gasteiger partial charge in [-0.15, -0.1) is 22.0 Å². The van der Waals surface area contributed by atoms with E-state index in [0.29, 0.717) is 11.4 Å². The Kier molecular flexibility index (Phi) is 5.27. The van der Waals surface area contributed by atoms with Crippen LogP contribution in [0.15, 0.2) is 41.3 Å². The third kappa shape index (κ3) is 5.41. The Morgan fingerprint density at radius 3 is 2.71 bits per heavy atom. The highest BCUT2D eigenvalue weighted by Crippen LogP contribution is 2.20. The van der Waals surface area contributed by atoms with Crippen molar-refractivity contribution in [1.29, 1.82) is 0 Å². The summed E-state index contributed by atoms with van der Waals surface area (Å²) in [5, 5.41) is 7.42. The molecule has 0 atom stereocenters. The van der Waals surface area contributed by atoms with Crippen LogP contribution < -0.4 is 10.5 Å². The summed E-state index contributed by atoms with van der Waals surface area (Å²) in [5.74, 6) is 0.504. The van der Waals surface area contributed by atoms with E-state index in [0.717, 1.165) is 4.90 Å². The molecule has 0 saturated heterocycles. The molecular weight excluding hydrogens is 332 g/mol. The van der Waals surface area contributed by atoms with E-state index >= 15 is 0 Å². The Bertz CT molecular complexity index is 707. The molecule has 0 aliphatic rings. The molecule has 0 aliphatic heterocycles. The molecule has 1 aromatic carbocycles. The molecule has 0 spiro atoms.